The third kappa shape index (κ3) is 5.60. The van der Waals surface area contributed by atoms with Gasteiger partial charge in [0.25, 0.3) is 0 Å². The number of rotatable bonds is 8. The average Bonchev–Trinajstić information content (AvgIpc) is 2.94. The van der Waals surface area contributed by atoms with Crippen LogP contribution in [0.1, 0.15) is 23.7 Å². The van der Waals surface area contributed by atoms with Crippen LogP contribution in [0.15, 0.2) is 30.5 Å². The summed E-state index contributed by atoms with van der Waals surface area (Å²) in [5.74, 6) is -0.0998. The fraction of sp³-hybridized carbons (Fsp3) is 0.474. The van der Waals surface area contributed by atoms with Gasteiger partial charge >= 0.3 is 0 Å². The van der Waals surface area contributed by atoms with E-state index in [0.717, 1.165) is 12.1 Å². The maximum atomic E-state index is 12.0. The molecule has 0 saturated heterocycles. The third-order valence-electron chi connectivity index (χ3n) is 4.18. The summed E-state index contributed by atoms with van der Waals surface area (Å²) in [5.41, 5.74) is 4.60. The van der Waals surface area contributed by atoms with Gasteiger partial charge in [-0.05, 0) is 49.6 Å². The Morgan fingerprint density at radius 2 is 2.12 bits per heavy atom. The molecule has 1 amide bonds. The van der Waals surface area contributed by atoms with Gasteiger partial charge in [-0.15, -0.1) is 0 Å². The molecular weight excluding hydrogens is 316 g/mol. The molecule has 0 aliphatic heterocycles. The highest BCUT2D eigenvalue weighted by Gasteiger charge is 2.11. The van der Waals surface area contributed by atoms with Crippen LogP contribution in [-0.2, 0) is 29.6 Å². The standard InChI is InChI=1S/C19H28N4O2/c1-14-10-17(22(3)4)7-6-16(14)11-15(2)21-19(24)13-25-12-18-8-9-20-23(18)5/h6-10,15H,11-13H2,1-5H3,(H,21,24)/t15-/m0/s1. The molecule has 6 heteroatoms. The molecule has 2 rings (SSSR count). The van der Waals surface area contributed by atoms with Crippen molar-refractivity contribution in [2.75, 3.05) is 25.6 Å². The number of aromatic nitrogens is 2. The molecule has 1 atom stereocenters. The lowest BCUT2D eigenvalue weighted by Crippen LogP contribution is -2.36. The van der Waals surface area contributed by atoms with Crippen LogP contribution in [-0.4, -0.2) is 42.4 Å². The predicted molar refractivity (Wildman–Crippen MR) is 99.7 cm³/mol. The zero-order valence-electron chi connectivity index (χ0n) is 15.7. The number of nitrogens with zero attached hydrogens (tertiary/aromatic N) is 3. The first kappa shape index (κ1) is 19.0. The molecule has 25 heavy (non-hydrogen) atoms. The monoisotopic (exact) mass is 344 g/mol. The third-order valence-corrected chi connectivity index (χ3v) is 4.18. The van der Waals surface area contributed by atoms with Gasteiger partial charge in [-0.1, -0.05) is 6.07 Å². The summed E-state index contributed by atoms with van der Waals surface area (Å²) in [5, 5.41) is 7.06. The summed E-state index contributed by atoms with van der Waals surface area (Å²) in [4.78, 5) is 14.1. The van der Waals surface area contributed by atoms with Crippen molar-refractivity contribution in [3.63, 3.8) is 0 Å². The molecule has 1 aromatic heterocycles. The Balaban J connectivity index is 1.78. The Labute approximate surface area is 149 Å². The number of benzene rings is 1. The van der Waals surface area contributed by atoms with Crippen LogP contribution in [0.5, 0.6) is 0 Å². The van der Waals surface area contributed by atoms with Gasteiger partial charge in [0, 0.05) is 39.1 Å². The van der Waals surface area contributed by atoms with Crippen molar-refractivity contribution in [3.05, 3.63) is 47.3 Å². The Kier molecular flexibility index (Phi) is 6.58. The van der Waals surface area contributed by atoms with E-state index in [1.807, 2.05) is 34.1 Å². The second-order valence-corrected chi connectivity index (χ2v) is 6.62. The molecule has 136 valence electrons. The zero-order chi connectivity index (χ0) is 18.4. The summed E-state index contributed by atoms with van der Waals surface area (Å²) < 4.78 is 7.20. The van der Waals surface area contributed by atoms with Crippen LogP contribution < -0.4 is 10.2 Å². The van der Waals surface area contributed by atoms with E-state index in [2.05, 4.69) is 40.4 Å². The summed E-state index contributed by atoms with van der Waals surface area (Å²) >= 11 is 0. The van der Waals surface area contributed by atoms with E-state index in [-0.39, 0.29) is 18.6 Å². The smallest absolute Gasteiger partial charge is 0.246 e. The van der Waals surface area contributed by atoms with Crippen molar-refractivity contribution in [1.29, 1.82) is 0 Å². The molecule has 0 radical (unpaired) electrons. The van der Waals surface area contributed by atoms with Crippen LogP contribution in [0.4, 0.5) is 5.69 Å². The van der Waals surface area contributed by atoms with Crippen molar-refractivity contribution in [3.8, 4) is 0 Å². The van der Waals surface area contributed by atoms with Gasteiger partial charge in [0.15, 0.2) is 0 Å². The maximum Gasteiger partial charge on any atom is 0.246 e. The van der Waals surface area contributed by atoms with Gasteiger partial charge in [-0.25, -0.2) is 0 Å². The number of nitrogens with one attached hydrogen (secondary N) is 1. The zero-order valence-corrected chi connectivity index (χ0v) is 15.7. The molecule has 1 aromatic carbocycles. The molecule has 0 saturated carbocycles. The number of carbonyl (C=O) groups is 1. The lowest BCUT2D eigenvalue weighted by atomic mass is 10.0. The highest BCUT2D eigenvalue weighted by Crippen LogP contribution is 2.18. The summed E-state index contributed by atoms with van der Waals surface area (Å²) in [6.45, 7) is 4.55. The minimum absolute atomic E-state index is 0.0497. The molecule has 1 heterocycles. The summed E-state index contributed by atoms with van der Waals surface area (Å²) in [6.07, 6.45) is 2.51. The van der Waals surface area contributed by atoms with Crippen molar-refractivity contribution < 1.29 is 9.53 Å². The Morgan fingerprint density at radius 3 is 2.72 bits per heavy atom. The average molecular weight is 344 g/mol. The van der Waals surface area contributed by atoms with E-state index < -0.39 is 0 Å². The number of ether oxygens (including phenoxy) is 1. The number of hydrogen-bond acceptors (Lipinski definition) is 4. The molecule has 6 nitrogen and oxygen atoms in total. The molecule has 2 aromatic rings. The highest BCUT2D eigenvalue weighted by atomic mass is 16.5. The first-order valence-electron chi connectivity index (χ1n) is 8.47. The number of hydrogen-bond donors (Lipinski definition) is 1. The van der Waals surface area contributed by atoms with Gasteiger partial charge in [0.2, 0.25) is 5.91 Å². The van der Waals surface area contributed by atoms with Crippen molar-refractivity contribution in [2.45, 2.75) is 32.9 Å². The van der Waals surface area contributed by atoms with Crippen LogP contribution in [0.3, 0.4) is 0 Å². The van der Waals surface area contributed by atoms with Gasteiger partial charge in [-0.3, -0.25) is 9.48 Å². The van der Waals surface area contributed by atoms with Crippen molar-refractivity contribution in [2.24, 2.45) is 7.05 Å². The van der Waals surface area contributed by atoms with E-state index >= 15 is 0 Å². The molecule has 0 aliphatic carbocycles. The number of aryl methyl sites for hydroxylation is 2. The highest BCUT2D eigenvalue weighted by molar-refractivity contribution is 5.77. The SMILES string of the molecule is Cc1cc(N(C)C)ccc1C[C@H](C)NC(=O)COCc1ccnn1C. The maximum absolute atomic E-state index is 12.0. The minimum atomic E-state index is -0.0998. The lowest BCUT2D eigenvalue weighted by molar-refractivity contribution is -0.126. The van der Waals surface area contributed by atoms with Gasteiger partial charge in [0.05, 0.1) is 12.3 Å². The van der Waals surface area contributed by atoms with Gasteiger partial charge in [-0.2, -0.15) is 5.10 Å². The van der Waals surface area contributed by atoms with E-state index in [1.54, 1.807) is 10.9 Å². The van der Waals surface area contributed by atoms with Crippen LogP contribution in [0, 0.1) is 6.92 Å². The Hall–Kier alpha value is -2.34. The molecule has 0 fully saturated rings. The first-order chi connectivity index (χ1) is 11.9. The Bertz CT molecular complexity index is 709. The van der Waals surface area contributed by atoms with E-state index in [4.69, 9.17) is 4.74 Å². The summed E-state index contributed by atoms with van der Waals surface area (Å²) in [7, 11) is 5.91. The lowest BCUT2D eigenvalue weighted by Gasteiger charge is -2.18. The van der Waals surface area contributed by atoms with Crippen molar-refractivity contribution >= 4 is 11.6 Å². The quantitative estimate of drug-likeness (QED) is 0.796. The second kappa shape index (κ2) is 8.67. The van der Waals surface area contributed by atoms with E-state index in [1.165, 1.54) is 16.8 Å². The number of anilines is 1. The van der Waals surface area contributed by atoms with Crippen LogP contribution >= 0.6 is 0 Å². The second-order valence-electron chi connectivity index (χ2n) is 6.62. The fourth-order valence-electron chi connectivity index (χ4n) is 2.68. The molecule has 0 spiro atoms. The van der Waals surface area contributed by atoms with Crippen LogP contribution in [0.25, 0.3) is 0 Å². The summed E-state index contributed by atoms with van der Waals surface area (Å²) in [6, 6.07) is 8.33. The topological polar surface area (TPSA) is 59.4 Å². The fourth-order valence-corrected chi connectivity index (χ4v) is 2.68. The minimum Gasteiger partial charge on any atom is -0.378 e. The van der Waals surface area contributed by atoms with Crippen molar-refractivity contribution in [1.82, 2.24) is 15.1 Å². The number of amides is 1. The normalized spacial score (nSPS) is 12.0. The van der Waals surface area contributed by atoms with Gasteiger partial charge in [0.1, 0.15) is 6.61 Å². The molecule has 0 unspecified atom stereocenters. The first-order valence-corrected chi connectivity index (χ1v) is 8.47. The molecule has 0 aliphatic rings. The van der Waals surface area contributed by atoms with Gasteiger partial charge < -0.3 is 15.0 Å². The van der Waals surface area contributed by atoms with E-state index in [9.17, 15) is 4.79 Å². The molecule has 1 N–H and O–H groups in total. The largest absolute Gasteiger partial charge is 0.378 e. The predicted octanol–water partition coefficient (Wildman–Crippen LogP) is 2.06. The molecular formula is C19H28N4O2. The van der Waals surface area contributed by atoms with E-state index in [0.29, 0.717) is 6.61 Å². The van der Waals surface area contributed by atoms with Crippen LogP contribution in [0.2, 0.25) is 0 Å². The number of carbonyl (C=O) groups excluding carboxylic acids is 1. The molecule has 0 bridgehead atoms. The Morgan fingerprint density at radius 1 is 1.36 bits per heavy atom.